The number of rotatable bonds is 5. The molecule has 0 radical (unpaired) electrons. The Hall–Kier alpha value is -1.81. The molecule has 0 fully saturated rings. The van der Waals surface area contributed by atoms with Gasteiger partial charge in [-0.2, -0.15) is 0 Å². The van der Waals surface area contributed by atoms with Crippen molar-refractivity contribution < 1.29 is 4.79 Å². The molecule has 2 aromatic carbocycles. The van der Waals surface area contributed by atoms with Crippen LogP contribution in [0.15, 0.2) is 46.9 Å². The second kappa shape index (κ2) is 7.27. The third-order valence-electron chi connectivity index (χ3n) is 3.22. The van der Waals surface area contributed by atoms with Gasteiger partial charge in [-0.25, -0.2) is 0 Å². The summed E-state index contributed by atoms with van der Waals surface area (Å²) in [6.45, 7) is 4.37. The molecular weight excluding hydrogens is 328 g/mol. The molecule has 0 aliphatic heterocycles. The van der Waals surface area contributed by atoms with Gasteiger partial charge in [0.2, 0.25) is 5.91 Å². The Balaban J connectivity index is 1.93. The first-order valence-electron chi connectivity index (χ1n) is 6.97. The monoisotopic (exact) mass is 346 g/mol. The molecule has 110 valence electrons. The van der Waals surface area contributed by atoms with E-state index in [-0.39, 0.29) is 12.5 Å². The van der Waals surface area contributed by atoms with E-state index in [0.717, 1.165) is 22.3 Å². The third-order valence-corrected chi connectivity index (χ3v) is 3.72. The molecule has 0 aliphatic carbocycles. The average molecular weight is 347 g/mol. The Kier molecular flexibility index (Phi) is 5.39. The van der Waals surface area contributed by atoms with Crippen LogP contribution in [0.5, 0.6) is 0 Å². The smallest absolute Gasteiger partial charge is 0.243 e. The van der Waals surface area contributed by atoms with Gasteiger partial charge in [0.15, 0.2) is 0 Å². The van der Waals surface area contributed by atoms with E-state index in [9.17, 15) is 4.79 Å². The zero-order valence-corrected chi connectivity index (χ0v) is 13.8. The van der Waals surface area contributed by atoms with Crippen LogP contribution in [0.3, 0.4) is 0 Å². The average Bonchev–Trinajstić information content (AvgIpc) is 2.48. The Labute approximate surface area is 133 Å². The molecule has 3 nitrogen and oxygen atoms in total. The fourth-order valence-electron chi connectivity index (χ4n) is 2.04. The van der Waals surface area contributed by atoms with Crippen LogP contribution in [0.1, 0.15) is 18.1 Å². The van der Waals surface area contributed by atoms with Crippen LogP contribution >= 0.6 is 15.9 Å². The van der Waals surface area contributed by atoms with Crippen LogP contribution in [0.4, 0.5) is 11.4 Å². The van der Waals surface area contributed by atoms with Crippen LogP contribution in [0.2, 0.25) is 0 Å². The van der Waals surface area contributed by atoms with Crippen molar-refractivity contribution >= 4 is 33.2 Å². The summed E-state index contributed by atoms with van der Waals surface area (Å²) in [6.07, 6.45) is 0.918. The van der Waals surface area contributed by atoms with Gasteiger partial charge in [0, 0.05) is 15.8 Å². The minimum Gasteiger partial charge on any atom is -0.376 e. The molecule has 0 aromatic heterocycles. The first kappa shape index (κ1) is 15.6. The van der Waals surface area contributed by atoms with Crippen molar-refractivity contribution in [2.75, 3.05) is 17.2 Å². The molecule has 0 spiro atoms. The summed E-state index contributed by atoms with van der Waals surface area (Å²) in [7, 11) is 0. The SMILES string of the molecule is CCc1cc(Br)ccc1NCC(=O)Nc1ccc(C)cc1. The van der Waals surface area contributed by atoms with Crippen molar-refractivity contribution in [1.29, 1.82) is 0 Å². The first-order chi connectivity index (χ1) is 10.1. The minimum absolute atomic E-state index is 0.0520. The number of halogens is 1. The molecule has 2 rings (SSSR count). The lowest BCUT2D eigenvalue weighted by Crippen LogP contribution is -2.22. The maximum Gasteiger partial charge on any atom is 0.243 e. The van der Waals surface area contributed by atoms with Crippen LogP contribution in [0.25, 0.3) is 0 Å². The first-order valence-corrected chi connectivity index (χ1v) is 7.76. The normalized spacial score (nSPS) is 10.2. The molecule has 0 bridgehead atoms. The van der Waals surface area contributed by atoms with Crippen molar-refractivity contribution in [3.05, 3.63) is 58.1 Å². The molecule has 4 heteroatoms. The Bertz CT molecular complexity index is 623. The summed E-state index contributed by atoms with van der Waals surface area (Å²) < 4.78 is 1.05. The van der Waals surface area contributed by atoms with Gasteiger partial charge in [0.25, 0.3) is 0 Å². The number of hydrogen-bond donors (Lipinski definition) is 2. The van der Waals surface area contributed by atoms with Crippen LogP contribution in [-0.4, -0.2) is 12.5 Å². The van der Waals surface area contributed by atoms with Crippen molar-refractivity contribution in [2.45, 2.75) is 20.3 Å². The Morgan fingerprint density at radius 1 is 1.14 bits per heavy atom. The number of carbonyl (C=O) groups is 1. The van der Waals surface area contributed by atoms with E-state index in [2.05, 4.69) is 39.6 Å². The number of anilines is 2. The summed E-state index contributed by atoms with van der Waals surface area (Å²) in [6, 6.07) is 13.8. The van der Waals surface area contributed by atoms with E-state index in [4.69, 9.17) is 0 Å². The highest BCUT2D eigenvalue weighted by atomic mass is 79.9. The predicted octanol–water partition coefficient (Wildman–Crippen LogP) is 4.37. The molecular formula is C17H19BrN2O. The van der Waals surface area contributed by atoms with Gasteiger partial charge in [0.1, 0.15) is 0 Å². The number of aryl methyl sites for hydroxylation is 2. The molecule has 0 aliphatic rings. The second-order valence-corrected chi connectivity index (χ2v) is 5.84. The van der Waals surface area contributed by atoms with Gasteiger partial charge >= 0.3 is 0 Å². The lowest BCUT2D eigenvalue weighted by Gasteiger charge is -2.12. The molecule has 21 heavy (non-hydrogen) atoms. The maximum atomic E-state index is 12.0. The summed E-state index contributed by atoms with van der Waals surface area (Å²) in [4.78, 5) is 12.0. The summed E-state index contributed by atoms with van der Waals surface area (Å²) in [5.41, 5.74) is 4.18. The van der Waals surface area contributed by atoms with Crippen LogP contribution in [-0.2, 0) is 11.2 Å². The van der Waals surface area contributed by atoms with Gasteiger partial charge < -0.3 is 10.6 Å². The lowest BCUT2D eigenvalue weighted by molar-refractivity contribution is -0.114. The zero-order valence-electron chi connectivity index (χ0n) is 12.2. The highest BCUT2D eigenvalue weighted by Gasteiger charge is 2.05. The highest BCUT2D eigenvalue weighted by Crippen LogP contribution is 2.21. The van der Waals surface area contributed by atoms with E-state index < -0.39 is 0 Å². The number of nitrogens with one attached hydrogen (secondary N) is 2. The van der Waals surface area contributed by atoms with Crippen LogP contribution in [0, 0.1) is 6.92 Å². The minimum atomic E-state index is -0.0520. The molecule has 0 unspecified atom stereocenters. The number of hydrogen-bond acceptors (Lipinski definition) is 2. The Morgan fingerprint density at radius 2 is 1.86 bits per heavy atom. The summed E-state index contributed by atoms with van der Waals surface area (Å²) >= 11 is 3.46. The van der Waals surface area contributed by atoms with E-state index >= 15 is 0 Å². The molecule has 1 amide bonds. The highest BCUT2D eigenvalue weighted by molar-refractivity contribution is 9.10. The largest absolute Gasteiger partial charge is 0.376 e. The number of benzene rings is 2. The molecule has 0 saturated carbocycles. The summed E-state index contributed by atoms with van der Waals surface area (Å²) in [5.74, 6) is -0.0520. The van der Waals surface area contributed by atoms with Gasteiger partial charge in [-0.3, -0.25) is 4.79 Å². The van der Waals surface area contributed by atoms with E-state index in [1.165, 1.54) is 11.1 Å². The number of carbonyl (C=O) groups excluding carboxylic acids is 1. The molecule has 0 heterocycles. The molecule has 2 aromatic rings. The van der Waals surface area contributed by atoms with Gasteiger partial charge in [-0.15, -0.1) is 0 Å². The quantitative estimate of drug-likeness (QED) is 0.843. The fraction of sp³-hybridized carbons (Fsp3) is 0.235. The fourth-order valence-corrected chi connectivity index (χ4v) is 2.45. The standard InChI is InChI=1S/C17H19BrN2O/c1-3-13-10-14(18)6-9-16(13)19-11-17(21)20-15-7-4-12(2)5-8-15/h4-10,19H,3,11H2,1-2H3,(H,20,21). The topological polar surface area (TPSA) is 41.1 Å². The van der Waals surface area contributed by atoms with Crippen molar-refractivity contribution in [2.24, 2.45) is 0 Å². The molecule has 0 saturated heterocycles. The van der Waals surface area contributed by atoms with Crippen molar-refractivity contribution in [3.8, 4) is 0 Å². The predicted molar refractivity (Wildman–Crippen MR) is 91.8 cm³/mol. The lowest BCUT2D eigenvalue weighted by atomic mass is 10.1. The third kappa shape index (κ3) is 4.60. The number of amides is 1. The molecule has 0 atom stereocenters. The zero-order chi connectivity index (χ0) is 15.2. The molecule has 2 N–H and O–H groups in total. The van der Waals surface area contributed by atoms with E-state index in [0.29, 0.717) is 0 Å². The van der Waals surface area contributed by atoms with E-state index in [1.807, 2.05) is 43.3 Å². The van der Waals surface area contributed by atoms with Crippen LogP contribution < -0.4 is 10.6 Å². The summed E-state index contributed by atoms with van der Waals surface area (Å²) in [5, 5.41) is 6.07. The van der Waals surface area contributed by atoms with Crippen molar-refractivity contribution in [1.82, 2.24) is 0 Å². The van der Waals surface area contributed by atoms with Gasteiger partial charge in [-0.1, -0.05) is 40.5 Å². The Morgan fingerprint density at radius 3 is 2.52 bits per heavy atom. The van der Waals surface area contributed by atoms with Crippen molar-refractivity contribution in [3.63, 3.8) is 0 Å². The van der Waals surface area contributed by atoms with Gasteiger partial charge in [-0.05, 0) is 49.2 Å². The van der Waals surface area contributed by atoms with E-state index in [1.54, 1.807) is 0 Å². The maximum absolute atomic E-state index is 12.0. The van der Waals surface area contributed by atoms with Gasteiger partial charge in [0.05, 0.1) is 6.54 Å². The second-order valence-electron chi connectivity index (χ2n) is 4.92.